The van der Waals surface area contributed by atoms with E-state index < -0.39 is 0 Å². The van der Waals surface area contributed by atoms with Gasteiger partial charge in [-0.2, -0.15) is 0 Å². The van der Waals surface area contributed by atoms with Crippen molar-refractivity contribution in [2.24, 2.45) is 5.73 Å². The predicted molar refractivity (Wildman–Crippen MR) is 95.6 cm³/mol. The van der Waals surface area contributed by atoms with Gasteiger partial charge in [0.1, 0.15) is 0 Å². The van der Waals surface area contributed by atoms with Gasteiger partial charge in [-0.25, -0.2) is 0 Å². The first kappa shape index (κ1) is 15.2. The number of anilines is 1. The molecular formula is C18H11N3O4S. The molecule has 0 aromatic heterocycles. The number of hydrogen-bond donors (Lipinski definition) is 2. The van der Waals surface area contributed by atoms with Crippen molar-refractivity contribution >= 4 is 41.1 Å². The van der Waals surface area contributed by atoms with Crippen molar-refractivity contribution in [1.82, 2.24) is 5.32 Å². The lowest BCUT2D eigenvalue weighted by Crippen LogP contribution is -2.26. The van der Waals surface area contributed by atoms with Gasteiger partial charge in [-0.05, 0) is 17.7 Å². The quantitative estimate of drug-likeness (QED) is 0.789. The summed E-state index contributed by atoms with van der Waals surface area (Å²) in [7, 11) is 0. The fourth-order valence-corrected chi connectivity index (χ4v) is 3.55. The van der Waals surface area contributed by atoms with Crippen LogP contribution in [0.2, 0.25) is 0 Å². The molecule has 3 aliphatic rings. The number of hydrogen-bond acceptors (Lipinski definition) is 7. The Morgan fingerprint density at radius 2 is 1.62 bits per heavy atom. The maximum Gasteiger partial charge on any atom is 0.258 e. The second kappa shape index (κ2) is 5.46. The van der Waals surface area contributed by atoms with E-state index >= 15 is 0 Å². The van der Waals surface area contributed by atoms with Crippen molar-refractivity contribution < 1.29 is 18.2 Å². The molecule has 1 aliphatic carbocycles. The molecule has 5 rings (SSSR count). The Balaban J connectivity index is 1.65. The molecule has 1 fully saturated rings. The minimum absolute atomic E-state index is 0.215. The second-order valence-electron chi connectivity index (χ2n) is 5.89. The van der Waals surface area contributed by atoms with Crippen LogP contribution < -0.4 is 16.3 Å². The first-order chi connectivity index (χ1) is 12.6. The van der Waals surface area contributed by atoms with Crippen LogP contribution in [-0.2, 0) is 13.4 Å². The summed E-state index contributed by atoms with van der Waals surface area (Å²) in [5.41, 5.74) is 10.00. The summed E-state index contributed by atoms with van der Waals surface area (Å²) in [5.74, 6) is -0.585. The number of ketones is 1. The van der Waals surface area contributed by atoms with Gasteiger partial charge in [0, 0.05) is 11.1 Å². The van der Waals surface area contributed by atoms with Crippen LogP contribution in [0.15, 0.2) is 59.7 Å². The highest BCUT2D eigenvalue weighted by Gasteiger charge is 2.39. The van der Waals surface area contributed by atoms with E-state index in [0.29, 0.717) is 39.3 Å². The molecule has 2 heterocycles. The maximum atomic E-state index is 13.0. The van der Waals surface area contributed by atoms with E-state index in [-0.39, 0.29) is 17.3 Å². The smallest absolute Gasteiger partial charge is 0.258 e. The number of fused-ring (bicyclic) bond motifs is 2. The largest absolute Gasteiger partial charge is 0.398 e. The third-order valence-electron chi connectivity index (χ3n) is 4.49. The molecule has 2 aromatic rings. The zero-order valence-corrected chi connectivity index (χ0v) is 14.0. The standard InChI is InChI=1S/C18H11N3O4S/c19-15-11-3-1-2-4-12(11)17(22)14-13(15)18(23)20-16(14)9-5-7-10(8-6-9)21-24-26-25-21/h1-8H,19H2,(H,20,23). The number of carbonyl (C=O) groups is 2. The minimum atomic E-state index is -0.370. The van der Waals surface area contributed by atoms with E-state index in [2.05, 4.69) is 5.32 Å². The topological polar surface area (TPSA) is 93.9 Å². The minimum Gasteiger partial charge on any atom is -0.398 e. The monoisotopic (exact) mass is 365 g/mol. The zero-order valence-electron chi connectivity index (χ0n) is 13.2. The van der Waals surface area contributed by atoms with Crippen LogP contribution in [0.25, 0.3) is 11.4 Å². The molecule has 0 spiro atoms. The lowest BCUT2D eigenvalue weighted by atomic mass is 9.84. The Morgan fingerprint density at radius 3 is 2.27 bits per heavy atom. The molecular weight excluding hydrogens is 354 g/mol. The van der Waals surface area contributed by atoms with Crippen LogP contribution in [-0.4, -0.2) is 11.7 Å². The Kier molecular flexibility index (Phi) is 3.20. The van der Waals surface area contributed by atoms with Gasteiger partial charge in [0.2, 0.25) is 12.3 Å². The summed E-state index contributed by atoms with van der Waals surface area (Å²) in [6, 6.07) is 14.1. The fourth-order valence-electron chi connectivity index (χ4n) is 3.26. The van der Waals surface area contributed by atoms with Crippen LogP contribution >= 0.6 is 12.3 Å². The molecule has 8 heteroatoms. The molecule has 0 radical (unpaired) electrons. The Labute approximate surface area is 152 Å². The zero-order chi connectivity index (χ0) is 17.8. The highest BCUT2D eigenvalue weighted by molar-refractivity contribution is 7.90. The van der Waals surface area contributed by atoms with Gasteiger partial charge in [0.05, 0.1) is 28.2 Å². The summed E-state index contributed by atoms with van der Waals surface area (Å²) in [6.07, 6.45) is 0. The molecule has 128 valence electrons. The highest BCUT2D eigenvalue weighted by atomic mass is 32.2. The SMILES string of the molecule is NC1=C2C(=O)NC(c3ccc(N4OSO4)cc3)=C2C(=O)c2ccccc21. The molecule has 2 aliphatic heterocycles. The first-order valence-electron chi connectivity index (χ1n) is 7.77. The molecule has 0 saturated carbocycles. The van der Waals surface area contributed by atoms with E-state index in [1.165, 1.54) is 5.23 Å². The second-order valence-corrected chi connectivity index (χ2v) is 6.32. The summed E-state index contributed by atoms with van der Waals surface area (Å²) in [6.45, 7) is 0. The van der Waals surface area contributed by atoms with Gasteiger partial charge >= 0.3 is 0 Å². The number of benzene rings is 2. The summed E-state index contributed by atoms with van der Waals surface area (Å²) < 4.78 is 10.0. The maximum absolute atomic E-state index is 13.0. The molecule has 26 heavy (non-hydrogen) atoms. The highest BCUT2D eigenvalue weighted by Crippen LogP contribution is 2.39. The van der Waals surface area contributed by atoms with Gasteiger partial charge in [-0.15, -0.1) is 8.57 Å². The molecule has 3 N–H and O–H groups in total. The first-order valence-corrected chi connectivity index (χ1v) is 8.43. The molecule has 0 bridgehead atoms. The average Bonchev–Trinajstić information content (AvgIpc) is 2.97. The van der Waals surface area contributed by atoms with E-state index in [1.807, 2.05) is 0 Å². The van der Waals surface area contributed by atoms with Crippen LogP contribution in [0.3, 0.4) is 0 Å². The number of carbonyl (C=O) groups excluding carboxylic acids is 2. The number of rotatable bonds is 2. The third-order valence-corrected chi connectivity index (χ3v) is 4.88. The Bertz CT molecular complexity index is 1040. The van der Waals surface area contributed by atoms with E-state index in [9.17, 15) is 9.59 Å². The number of nitrogens with zero attached hydrogens (tertiary/aromatic N) is 1. The van der Waals surface area contributed by atoms with E-state index in [0.717, 1.165) is 12.3 Å². The number of nitrogens with one attached hydrogen (secondary N) is 1. The number of nitrogens with two attached hydrogens (primary N) is 1. The summed E-state index contributed by atoms with van der Waals surface area (Å²) >= 11 is 0.874. The summed E-state index contributed by atoms with van der Waals surface area (Å²) in [5, 5.41) is 4.04. The molecule has 7 nitrogen and oxygen atoms in total. The van der Waals surface area contributed by atoms with Crippen LogP contribution in [0, 0.1) is 0 Å². The normalized spacial score (nSPS) is 18.5. The van der Waals surface area contributed by atoms with Crippen LogP contribution in [0.4, 0.5) is 5.69 Å². The van der Waals surface area contributed by atoms with Crippen molar-refractivity contribution in [1.29, 1.82) is 0 Å². The molecule has 1 saturated heterocycles. The fraction of sp³-hybridized carbons (Fsp3) is 0. The number of Topliss-reactive ketones (excluding diaryl/α,β-unsaturated/α-hetero) is 1. The Hall–Kier alpha value is -3.07. The predicted octanol–water partition coefficient (Wildman–Crippen LogP) is 2.34. The van der Waals surface area contributed by atoms with Crippen molar-refractivity contribution in [3.8, 4) is 0 Å². The lowest BCUT2D eigenvalue weighted by molar-refractivity contribution is -0.115. The molecule has 2 aromatic carbocycles. The van der Waals surface area contributed by atoms with E-state index in [4.69, 9.17) is 14.3 Å². The summed E-state index contributed by atoms with van der Waals surface area (Å²) in [4.78, 5) is 25.5. The van der Waals surface area contributed by atoms with Crippen molar-refractivity contribution in [3.05, 3.63) is 76.4 Å². The van der Waals surface area contributed by atoms with E-state index in [1.54, 1.807) is 48.5 Å². The molecule has 1 amide bonds. The van der Waals surface area contributed by atoms with Gasteiger partial charge in [0.15, 0.2) is 5.78 Å². The lowest BCUT2D eigenvalue weighted by Gasteiger charge is -2.26. The van der Waals surface area contributed by atoms with Crippen molar-refractivity contribution in [3.63, 3.8) is 0 Å². The van der Waals surface area contributed by atoms with Gasteiger partial charge in [-0.3, -0.25) is 9.59 Å². The average molecular weight is 365 g/mol. The molecule has 0 atom stereocenters. The van der Waals surface area contributed by atoms with Gasteiger partial charge < -0.3 is 11.1 Å². The number of amides is 1. The third kappa shape index (κ3) is 2.03. The van der Waals surface area contributed by atoms with Crippen molar-refractivity contribution in [2.75, 3.05) is 5.23 Å². The van der Waals surface area contributed by atoms with Crippen LogP contribution in [0.1, 0.15) is 21.5 Å². The van der Waals surface area contributed by atoms with Crippen LogP contribution in [0.5, 0.6) is 0 Å². The van der Waals surface area contributed by atoms with Gasteiger partial charge in [0.25, 0.3) is 5.91 Å². The van der Waals surface area contributed by atoms with Crippen molar-refractivity contribution in [2.45, 2.75) is 0 Å². The Morgan fingerprint density at radius 1 is 0.923 bits per heavy atom. The van der Waals surface area contributed by atoms with Gasteiger partial charge in [-0.1, -0.05) is 41.6 Å². The molecule has 0 unspecified atom stereocenters.